The number of amides is 1. The number of hydroxylamine groups is 1. The number of benzene rings is 1. The van der Waals surface area contributed by atoms with E-state index >= 15 is 0 Å². The van der Waals surface area contributed by atoms with Crippen LogP contribution in [0.5, 0.6) is 0 Å². The Kier molecular flexibility index (Phi) is 4.89. The van der Waals surface area contributed by atoms with Crippen LogP contribution in [-0.4, -0.2) is 12.5 Å². The molecule has 1 aromatic rings. The first-order valence-corrected chi connectivity index (χ1v) is 5.45. The zero-order valence-electron chi connectivity index (χ0n) is 7.92. The lowest BCUT2D eigenvalue weighted by atomic mass is 10.1. The number of halogens is 1. The first-order chi connectivity index (χ1) is 6.72. The molecule has 76 valence electrons. The van der Waals surface area contributed by atoms with Crippen molar-refractivity contribution in [3.63, 3.8) is 0 Å². The van der Waals surface area contributed by atoms with Crippen LogP contribution in [0.3, 0.4) is 0 Å². The molecular weight excluding hydrogens is 293 g/mol. The molecule has 0 heterocycles. The predicted molar refractivity (Wildman–Crippen MR) is 62.6 cm³/mol. The maximum atomic E-state index is 11.2. The fraction of sp³-hybridized carbons (Fsp3) is 0.300. The molecule has 0 spiro atoms. The third-order valence-corrected chi connectivity index (χ3v) is 2.26. The van der Waals surface area contributed by atoms with Crippen molar-refractivity contribution in [2.45, 2.75) is 13.3 Å². The van der Waals surface area contributed by atoms with E-state index < -0.39 is 0 Å². The molecule has 0 aromatic heterocycles. The summed E-state index contributed by atoms with van der Waals surface area (Å²) in [6.45, 7) is 2.31. The smallest absolute Gasteiger partial charge is 0.247 e. The van der Waals surface area contributed by atoms with E-state index in [1.807, 2.05) is 31.2 Å². The number of rotatable bonds is 4. The van der Waals surface area contributed by atoms with E-state index in [9.17, 15) is 4.79 Å². The Balaban J connectivity index is 2.47. The third-order valence-electron chi connectivity index (χ3n) is 1.58. The van der Waals surface area contributed by atoms with Crippen LogP contribution < -0.4 is 5.48 Å². The van der Waals surface area contributed by atoms with Crippen molar-refractivity contribution in [3.05, 3.63) is 33.4 Å². The van der Waals surface area contributed by atoms with Crippen molar-refractivity contribution < 1.29 is 9.63 Å². The summed E-state index contributed by atoms with van der Waals surface area (Å²) in [6.07, 6.45) is 0.358. The van der Waals surface area contributed by atoms with Gasteiger partial charge in [0.1, 0.15) is 0 Å². The Hall–Kier alpha value is -0.620. The topological polar surface area (TPSA) is 38.3 Å². The van der Waals surface area contributed by atoms with E-state index in [1.165, 1.54) is 0 Å². The molecule has 0 fully saturated rings. The molecule has 1 aromatic carbocycles. The Morgan fingerprint density at radius 1 is 1.57 bits per heavy atom. The van der Waals surface area contributed by atoms with E-state index in [1.54, 1.807) is 0 Å². The minimum atomic E-state index is -0.117. The highest BCUT2D eigenvalue weighted by Crippen LogP contribution is 2.08. The molecule has 14 heavy (non-hydrogen) atoms. The van der Waals surface area contributed by atoms with Gasteiger partial charge in [-0.2, -0.15) is 0 Å². The third kappa shape index (κ3) is 4.06. The van der Waals surface area contributed by atoms with Gasteiger partial charge in [0.05, 0.1) is 13.0 Å². The van der Waals surface area contributed by atoms with Crippen LogP contribution >= 0.6 is 22.6 Å². The van der Waals surface area contributed by atoms with E-state index in [0.717, 1.165) is 9.13 Å². The predicted octanol–water partition coefficient (Wildman–Crippen LogP) is 1.90. The van der Waals surface area contributed by atoms with Gasteiger partial charge in [-0.3, -0.25) is 9.63 Å². The fourth-order valence-electron chi connectivity index (χ4n) is 1.02. The summed E-state index contributed by atoms with van der Waals surface area (Å²) in [4.78, 5) is 16.0. The zero-order valence-corrected chi connectivity index (χ0v) is 10.1. The molecular formula is C10H12INO2. The van der Waals surface area contributed by atoms with Crippen molar-refractivity contribution in [3.8, 4) is 0 Å². The molecule has 0 aliphatic carbocycles. The minimum Gasteiger partial charge on any atom is -0.274 e. The molecule has 1 rings (SSSR count). The zero-order chi connectivity index (χ0) is 10.4. The highest BCUT2D eigenvalue weighted by molar-refractivity contribution is 14.1. The SMILES string of the molecule is CCONC(=O)Cc1cccc(I)c1. The van der Waals surface area contributed by atoms with Gasteiger partial charge < -0.3 is 0 Å². The minimum absolute atomic E-state index is 0.117. The average molecular weight is 305 g/mol. The fourth-order valence-corrected chi connectivity index (χ4v) is 1.63. The number of hydrogen-bond acceptors (Lipinski definition) is 2. The van der Waals surface area contributed by atoms with E-state index in [4.69, 9.17) is 4.84 Å². The molecule has 0 radical (unpaired) electrons. The number of nitrogens with one attached hydrogen (secondary N) is 1. The van der Waals surface area contributed by atoms with Crippen LogP contribution in [0.1, 0.15) is 12.5 Å². The summed E-state index contributed by atoms with van der Waals surface area (Å²) >= 11 is 2.22. The van der Waals surface area contributed by atoms with Gasteiger partial charge in [-0.05, 0) is 47.2 Å². The molecule has 0 saturated heterocycles. The molecule has 1 N–H and O–H groups in total. The Labute approximate surface area is 96.9 Å². The van der Waals surface area contributed by atoms with Gasteiger partial charge in [0.15, 0.2) is 0 Å². The van der Waals surface area contributed by atoms with Gasteiger partial charge in [0, 0.05) is 3.57 Å². The molecule has 0 saturated carbocycles. The summed E-state index contributed by atoms with van der Waals surface area (Å²) in [5.74, 6) is -0.117. The van der Waals surface area contributed by atoms with Crippen molar-refractivity contribution in [2.75, 3.05) is 6.61 Å². The Morgan fingerprint density at radius 2 is 2.36 bits per heavy atom. The van der Waals surface area contributed by atoms with Crippen LogP contribution in [0.25, 0.3) is 0 Å². The molecule has 0 atom stereocenters. The van der Waals surface area contributed by atoms with Crippen LogP contribution in [0.15, 0.2) is 24.3 Å². The van der Waals surface area contributed by atoms with Gasteiger partial charge in [0.25, 0.3) is 0 Å². The standard InChI is InChI=1S/C10H12INO2/c1-2-14-12-10(13)7-8-4-3-5-9(11)6-8/h3-6H,2,7H2,1H3,(H,12,13). The maximum absolute atomic E-state index is 11.2. The summed E-state index contributed by atoms with van der Waals surface area (Å²) in [5, 5.41) is 0. The second-order valence-electron chi connectivity index (χ2n) is 2.76. The lowest BCUT2D eigenvalue weighted by Crippen LogP contribution is -2.25. The van der Waals surface area contributed by atoms with Crippen LogP contribution in [0.4, 0.5) is 0 Å². The lowest BCUT2D eigenvalue weighted by Gasteiger charge is -2.03. The lowest BCUT2D eigenvalue weighted by molar-refractivity contribution is -0.132. The second-order valence-corrected chi connectivity index (χ2v) is 4.01. The number of hydrogen-bond donors (Lipinski definition) is 1. The van der Waals surface area contributed by atoms with Crippen LogP contribution in [0.2, 0.25) is 0 Å². The first kappa shape index (κ1) is 11.5. The van der Waals surface area contributed by atoms with E-state index in [-0.39, 0.29) is 5.91 Å². The largest absolute Gasteiger partial charge is 0.274 e. The molecule has 0 bridgehead atoms. The van der Waals surface area contributed by atoms with Gasteiger partial charge in [-0.1, -0.05) is 12.1 Å². The number of carbonyl (C=O) groups is 1. The van der Waals surface area contributed by atoms with Crippen molar-refractivity contribution in [1.82, 2.24) is 5.48 Å². The Morgan fingerprint density at radius 3 is 3.00 bits per heavy atom. The van der Waals surface area contributed by atoms with Crippen molar-refractivity contribution in [2.24, 2.45) is 0 Å². The molecule has 1 amide bonds. The maximum Gasteiger partial charge on any atom is 0.247 e. The molecule has 4 heteroatoms. The molecule has 0 aliphatic heterocycles. The van der Waals surface area contributed by atoms with E-state index in [0.29, 0.717) is 13.0 Å². The summed E-state index contributed by atoms with van der Waals surface area (Å²) in [6, 6.07) is 7.83. The van der Waals surface area contributed by atoms with Crippen LogP contribution in [-0.2, 0) is 16.1 Å². The quantitative estimate of drug-likeness (QED) is 0.681. The molecule has 3 nitrogen and oxygen atoms in total. The van der Waals surface area contributed by atoms with Crippen LogP contribution in [0, 0.1) is 3.57 Å². The summed E-state index contributed by atoms with van der Waals surface area (Å²) in [7, 11) is 0. The van der Waals surface area contributed by atoms with Gasteiger partial charge in [0.2, 0.25) is 5.91 Å². The first-order valence-electron chi connectivity index (χ1n) is 4.37. The van der Waals surface area contributed by atoms with Gasteiger partial charge in [-0.25, -0.2) is 5.48 Å². The molecule has 0 aliphatic rings. The van der Waals surface area contributed by atoms with Crippen molar-refractivity contribution >= 4 is 28.5 Å². The second kappa shape index (κ2) is 5.98. The van der Waals surface area contributed by atoms with Gasteiger partial charge in [-0.15, -0.1) is 0 Å². The normalized spacial score (nSPS) is 9.86. The monoisotopic (exact) mass is 305 g/mol. The van der Waals surface area contributed by atoms with Gasteiger partial charge >= 0.3 is 0 Å². The average Bonchev–Trinajstić information content (AvgIpc) is 2.15. The van der Waals surface area contributed by atoms with Crippen molar-refractivity contribution in [1.29, 1.82) is 0 Å². The van der Waals surface area contributed by atoms with E-state index in [2.05, 4.69) is 28.1 Å². The molecule has 0 unspecified atom stereocenters. The summed E-state index contributed by atoms with van der Waals surface area (Å²) < 4.78 is 1.13. The highest BCUT2D eigenvalue weighted by Gasteiger charge is 2.02. The Bertz CT molecular complexity index is 315. The highest BCUT2D eigenvalue weighted by atomic mass is 127. The summed E-state index contributed by atoms with van der Waals surface area (Å²) in [5.41, 5.74) is 3.35. The number of carbonyl (C=O) groups excluding carboxylic acids is 1.